The van der Waals surface area contributed by atoms with Gasteiger partial charge in [-0.25, -0.2) is 9.48 Å². The highest BCUT2D eigenvalue weighted by atomic mass is 35.5. The van der Waals surface area contributed by atoms with E-state index in [1.54, 1.807) is 22.5 Å². The third-order valence-corrected chi connectivity index (χ3v) is 7.06. The SMILES string of the molecule is Cc1cc2oc(=O)cc(CSc3nn(-c4ccc(Cl)cc4)c(=S)s3)c2cc1C. The predicted molar refractivity (Wildman–Crippen MR) is 119 cm³/mol. The van der Waals surface area contributed by atoms with Gasteiger partial charge in [-0.15, -0.1) is 5.10 Å². The van der Waals surface area contributed by atoms with Crippen molar-refractivity contribution in [3.63, 3.8) is 0 Å². The number of aryl methyl sites for hydroxylation is 2. The molecule has 0 bridgehead atoms. The summed E-state index contributed by atoms with van der Waals surface area (Å²) in [6.07, 6.45) is 0. The summed E-state index contributed by atoms with van der Waals surface area (Å²) in [6, 6.07) is 12.9. The van der Waals surface area contributed by atoms with Gasteiger partial charge in [-0.3, -0.25) is 0 Å². The minimum absolute atomic E-state index is 0.342. The summed E-state index contributed by atoms with van der Waals surface area (Å²) in [5.41, 5.74) is 4.33. The van der Waals surface area contributed by atoms with Crippen LogP contribution in [0.5, 0.6) is 0 Å². The van der Waals surface area contributed by atoms with E-state index in [1.807, 2.05) is 37.3 Å². The molecule has 4 nitrogen and oxygen atoms in total. The van der Waals surface area contributed by atoms with Crippen molar-refractivity contribution in [1.29, 1.82) is 0 Å². The van der Waals surface area contributed by atoms with Crippen molar-refractivity contribution in [2.24, 2.45) is 0 Å². The van der Waals surface area contributed by atoms with Gasteiger partial charge in [0.2, 0.25) is 0 Å². The fourth-order valence-corrected chi connectivity index (χ4v) is 5.28. The highest BCUT2D eigenvalue weighted by Gasteiger charge is 2.11. The van der Waals surface area contributed by atoms with Crippen LogP contribution < -0.4 is 5.63 Å². The largest absolute Gasteiger partial charge is 0.423 e. The van der Waals surface area contributed by atoms with Crippen LogP contribution in [-0.4, -0.2) is 9.78 Å². The third-order valence-electron chi connectivity index (χ3n) is 4.40. The molecule has 0 spiro atoms. The molecule has 4 aromatic rings. The van der Waals surface area contributed by atoms with Crippen LogP contribution in [0.1, 0.15) is 16.7 Å². The fourth-order valence-electron chi connectivity index (χ4n) is 2.81. The first-order valence-electron chi connectivity index (χ1n) is 8.43. The zero-order valence-electron chi connectivity index (χ0n) is 15.1. The molecule has 0 aliphatic heterocycles. The summed E-state index contributed by atoms with van der Waals surface area (Å²) in [5.74, 6) is 0.605. The quantitative estimate of drug-likeness (QED) is 0.208. The van der Waals surface area contributed by atoms with Crippen LogP contribution in [0.4, 0.5) is 0 Å². The number of rotatable bonds is 4. The molecule has 142 valence electrons. The van der Waals surface area contributed by atoms with E-state index in [0.717, 1.165) is 32.1 Å². The van der Waals surface area contributed by atoms with Crippen molar-refractivity contribution in [3.8, 4) is 5.69 Å². The van der Waals surface area contributed by atoms with Crippen molar-refractivity contribution in [2.75, 3.05) is 0 Å². The molecular weight excluding hydrogens is 432 g/mol. The number of hydrogen-bond donors (Lipinski definition) is 0. The molecule has 0 fully saturated rings. The van der Waals surface area contributed by atoms with Gasteiger partial charge in [0.1, 0.15) is 5.58 Å². The van der Waals surface area contributed by atoms with E-state index in [9.17, 15) is 4.79 Å². The van der Waals surface area contributed by atoms with Crippen LogP contribution in [0.15, 0.2) is 56.0 Å². The first kappa shape index (κ1) is 19.4. The van der Waals surface area contributed by atoms with Gasteiger partial charge in [0.05, 0.1) is 5.69 Å². The van der Waals surface area contributed by atoms with Gasteiger partial charge in [0.15, 0.2) is 8.29 Å². The van der Waals surface area contributed by atoms with Crippen molar-refractivity contribution in [2.45, 2.75) is 23.9 Å². The smallest absolute Gasteiger partial charge is 0.336 e. The highest BCUT2D eigenvalue weighted by molar-refractivity contribution is 8.00. The lowest BCUT2D eigenvalue weighted by atomic mass is 10.0. The van der Waals surface area contributed by atoms with Crippen LogP contribution in [0, 0.1) is 17.8 Å². The van der Waals surface area contributed by atoms with Gasteiger partial charge in [0.25, 0.3) is 0 Å². The Morgan fingerprint density at radius 1 is 1.18 bits per heavy atom. The zero-order chi connectivity index (χ0) is 19.8. The van der Waals surface area contributed by atoms with Crippen molar-refractivity contribution in [1.82, 2.24) is 9.78 Å². The molecule has 4 rings (SSSR count). The Bertz CT molecular complexity index is 1290. The Kier molecular flexibility index (Phi) is 5.42. The fraction of sp³-hybridized carbons (Fsp3) is 0.150. The average molecular weight is 447 g/mol. The molecule has 0 aliphatic rings. The lowest BCUT2D eigenvalue weighted by molar-refractivity contribution is 0.559. The molecular formula is C20H15ClN2O2S3. The molecule has 28 heavy (non-hydrogen) atoms. The summed E-state index contributed by atoms with van der Waals surface area (Å²) < 4.78 is 8.60. The number of thioether (sulfide) groups is 1. The van der Waals surface area contributed by atoms with Gasteiger partial charge >= 0.3 is 5.63 Å². The lowest BCUT2D eigenvalue weighted by Gasteiger charge is -2.07. The van der Waals surface area contributed by atoms with Gasteiger partial charge in [-0.2, -0.15) is 0 Å². The van der Waals surface area contributed by atoms with Gasteiger partial charge < -0.3 is 4.42 Å². The second kappa shape index (κ2) is 7.83. The highest BCUT2D eigenvalue weighted by Crippen LogP contribution is 2.30. The van der Waals surface area contributed by atoms with Gasteiger partial charge in [-0.1, -0.05) is 34.7 Å². The van der Waals surface area contributed by atoms with E-state index < -0.39 is 0 Å². The molecule has 0 saturated carbocycles. The van der Waals surface area contributed by atoms with Crippen LogP contribution in [-0.2, 0) is 5.75 Å². The monoisotopic (exact) mass is 446 g/mol. The topological polar surface area (TPSA) is 48.0 Å². The maximum Gasteiger partial charge on any atom is 0.336 e. The molecule has 0 aliphatic carbocycles. The minimum atomic E-state index is -0.342. The van der Waals surface area contributed by atoms with Crippen LogP contribution in [0.2, 0.25) is 5.02 Å². The van der Waals surface area contributed by atoms with E-state index >= 15 is 0 Å². The average Bonchev–Trinajstić information content (AvgIpc) is 3.02. The first-order valence-corrected chi connectivity index (χ1v) is 11.0. The molecule has 0 saturated heterocycles. The molecule has 2 aromatic heterocycles. The van der Waals surface area contributed by atoms with E-state index in [0.29, 0.717) is 20.3 Å². The summed E-state index contributed by atoms with van der Waals surface area (Å²) in [5, 5.41) is 6.23. The molecule has 0 radical (unpaired) electrons. The second-order valence-electron chi connectivity index (χ2n) is 6.33. The number of aromatic nitrogens is 2. The summed E-state index contributed by atoms with van der Waals surface area (Å²) in [6.45, 7) is 4.06. The number of halogens is 1. The third kappa shape index (κ3) is 3.93. The van der Waals surface area contributed by atoms with Gasteiger partial charge in [0, 0.05) is 22.2 Å². The number of hydrogen-bond acceptors (Lipinski definition) is 6. The Balaban J connectivity index is 1.64. The molecule has 0 atom stereocenters. The molecule has 0 unspecified atom stereocenters. The summed E-state index contributed by atoms with van der Waals surface area (Å²) >= 11 is 14.4. The number of nitrogens with zero attached hydrogens (tertiary/aromatic N) is 2. The van der Waals surface area contributed by atoms with Crippen LogP contribution in [0.25, 0.3) is 16.7 Å². The van der Waals surface area contributed by atoms with Crippen molar-refractivity contribution < 1.29 is 4.42 Å². The van der Waals surface area contributed by atoms with Gasteiger partial charge in [-0.05, 0) is 79.2 Å². The Morgan fingerprint density at radius 2 is 1.89 bits per heavy atom. The standard InChI is InChI=1S/C20H15ClN2O2S3/c1-11-7-16-13(9-18(24)25-17(16)8-12(11)2)10-27-19-22-23(20(26)28-19)15-5-3-14(21)4-6-15/h3-9H,10H2,1-2H3. The van der Waals surface area contributed by atoms with E-state index in [1.165, 1.54) is 11.3 Å². The van der Waals surface area contributed by atoms with Crippen LogP contribution in [0.3, 0.4) is 0 Å². The molecule has 0 N–H and O–H groups in total. The molecule has 0 amide bonds. The number of benzene rings is 2. The maximum absolute atomic E-state index is 12.0. The van der Waals surface area contributed by atoms with Crippen LogP contribution >= 0.6 is 46.9 Å². The second-order valence-corrected chi connectivity index (χ2v) is 9.62. The Morgan fingerprint density at radius 3 is 2.64 bits per heavy atom. The Labute approximate surface area is 179 Å². The van der Waals surface area contributed by atoms with Crippen molar-refractivity contribution >= 4 is 57.9 Å². The zero-order valence-corrected chi connectivity index (χ0v) is 18.3. The summed E-state index contributed by atoms with van der Waals surface area (Å²) in [4.78, 5) is 12.0. The minimum Gasteiger partial charge on any atom is -0.423 e. The maximum atomic E-state index is 12.0. The van der Waals surface area contributed by atoms with E-state index in [4.69, 9.17) is 28.2 Å². The van der Waals surface area contributed by atoms with E-state index in [-0.39, 0.29) is 5.63 Å². The van der Waals surface area contributed by atoms with Crippen molar-refractivity contribution in [3.05, 3.63) is 78.6 Å². The lowest BCUT2D eigenvalue weighted by Crippen LogP contribution is -2.01. The molecule has 2 aromatic carbocycles. The normalized spacial score (nSPS) is 11.2. The first-order chi connectivity index (χ1) is 13.4. The number of fused-ring (bicyclic) bond motifs is 1. The Hall–Kier alpha value is -1.93. The predicted octanol–water partition coefficient (Wildman–Crippen LogP) is 6.33. The van der Waals surface area contributed by atoms with E-state index in [2.05, 4.69) is 18.1 Å². The summed E-state index contributed by atoms with van der Waals surface area (Å²) in [7, 11) is 0. The molecule has 2 heterocycles. The molecule has 8 heteroatoms.